The average Bonchev–Trinajstić information content (AvgIpc) is 2.10. The number of nitrogens with zero attached hydrogens (tertiary/aromatic N) is 1. The smallest absolute Gasteiger partial charge is 0.304 e. The second-order valence-corrected chi connectivity index (χ2v) is 3.18. The Bertz CT molecular complexity index is 168. The molecule has 0 aliphatic rings. The monoisotopic (exact) mass is 185 g/mol. The van der Waals surface area contributed by atoms with E-state index in [1.807, 2.05) is 6.08 Å². The zero-order valence-corrected chi connectivity index (χ0v) is 8.49. The van der Waals surface area contributed by atoms with Gasteiger partial charge >= 0.3 is 5.97 Å². The fourth-order valence-corrected chi connectivity index (χ4v) is 1.15. The lowest BCUT2D eigenvalue weighted by atomic mass is 10.2. The highest BCUT2D eigenvalue weighted by molar-refractivity contribution is 5.66. The highest BCUT2D eigenvalue weighted by atomic mass is 16.4. The third kappa shape index (κ3) is 5.42. The third-order valence-electron chi connectivity index (χ3n) is 2.19. The predicted molar refractivity (Wildman–Crippen MR) is 53.8 cm³/mol. The van der Waals surface area contributed by atoms with Gasteiger partial charge in [0.15, 0.2) is 0 Å². The molecule has 0 heterocycles. The number of rotatable bonds is 7. The lowest BCUT2D eigenvalue weighted by Gasteiger charge is -2.26. The van der Waals surface area contributed by atoms with Crippen molar-refractivity contribution >= 4 is 5.97 Å². The number of hydrogen-bond donors (Lipinski definition) is 1. The SMILES string of the molecule is C=CCN(CCC(=O)O)C(C)CC. The molecule has 0 saturated carbocycles. The van der Waals surface area contributed by atoms with Gasteiger partial charge in [-0.15, -0.1) is 6.58 Å². The first-order valence-electron chi connectivity index (χ1n) is 4.68. The molecule has 0 radical (unpaired) electrons. The highest BCUT2D eigenvalue weighted by Gasteiger charge is 2.11. The van der Waals surface area contributed by atoms with E-state index in [4.69, 9.17) is 5.11 Å². The largest absolute Gasteiger partial charge is 0.481 e. The van der Waals surface area contributed by atoms with Gasteiger partial charge in [-0.3, -0.25) is 9.69 Å². The van der Waals surface area contributed by atoms with Crippen molar-refractivity contribution in [2.24, 2.45) is 0 Å². The molecule has 76 valence electrons. The average molecular weight is 185 g/mol. The van der Waals surface area contributed by atoms with Gasteiger partial charge in [-0.25, -0.2) is 0 Å². The van der Waals surface area contributed by atoms with Crippen LogP contribution < -0.4 is 0 Å². The van der Waals surface area contributed by atoms with Crippen LogP contribution >= 0.6 is 0 Å². The Labute approximate surface area is 80.0 Å². The first-order chi connectivity index (χ1) is 6.11. The molecule has 0 aromatic heterocycles. The number of aliphatic carboxylic acids is 1. The minimum atomic E-state index is -0.739. The summed E-state index contributed by atoms with van der Waals surface area (Å²) in [6, 6.07) is 0.428. The van der Waals surface area contributed by atoms with Crippen molar-refractivity contribution in [3.63, 3.8) is 0 Å². The lowest BCUT2D eigenvalue weighted by molar-refractivity contribution is -0.137. The molecule has 1 N–H and O–H groups in total. The topological polar surface area (TPSA) is 40.5 Å². The molecular formula is C10H19NO2. The zero-order valence-electron chi connectivity index (χ0n) is 8.49. The normalized spacial score (nSPS) is 12.8. The summed E-state index contributed by atoms with van der Waals surface area (Å²) >= 11 is 0. The van der Waals surface area contributed by atoms with Crippen LogP contribution in [-0.4, -0.2) is 35.1 Å². The molecule has 0 bridgehead atoms. The quantitative estimate of drug-likeness (QED) is 0.614. The molecule has 0 aromatic rings. The Morgan fingerprint density at radius 1 is 1.69 bits per heavy atom. The van der Waals surface area contributed by atoms with Crippen LogP contribution in [0.2, 0.25) is 0 Å². The summed E-state index contributed by atoms with van der Waals surface area (Å²) in [7, 11) is 0. The molecule has 3 heteroatoms. The Balaban J connectivity index is 3.92. The second kappa shape index (κ2) is 6.66. The van der Waals surface area contributed by atoms with Gasteiger partial charge in [0.25, 0.3) is 0 Å². The Morgan fingerprint density at radius 3 is 2.69 bits per heavy atom. The maximum Gasteiger partial charge on any atom is 0.304 e. The van der Waals surface area contributed by atoms with Gasteiger partial charge in [-0.1, -0.05) is 13.0 Å². The van der Waals surface area contributed by atoms with E-state index in [-0.39, 0.29) is 6.42 Å². The highest BCUT2D eigenvalue weighted by Crippen LogP contribution is 2.04. The first kappa shape index (κ1) is 12.2. The van der Waals surface area contributed by atoms with Crippen molar-refractivity contribution < 1.29 is 9.90 Å². The summed E-state index contributed by atoms with van der Waals surface area (Å²) < 4.78 is 0. The third-order valence-corrected chi connectivity index (χ3v) is 2.19. The zero-order chi connectivity index (χ0) is 10.3. The molecule has 3 nitrogen and oxygen atoms in total. The van der Waals surface area contributed by atoms with Gasteiger partial charge < -0.3 is 5.11 Å². The molecule has 0 saturated heterocycles. The van der Waals surface area contributed by atoms with Crippen LogP contribution in [0.5, 0.6) is 0 Å². The Morgan fingerprint density at radius 2 is 2.31 bits per heavy atom. The van der Waals surface area contributed by atoms with Crippen LogP contribution in [-0.2, 0) is 4.79 Å². The second-order valence-electron chi connectivity index (χ2n) is 3.18. The van der Waals surface area contributed by atoms with Crippen molar-refractivity contribution in [3.8, 4) is 0 Å². The Kier molecular flexibility index (Phi) is 6.24. The van der Waals surface area contributed by atoms with Crippen molar-refractivity contribution in [1.82, 2.24) is 4.90 Å². The van der Waals surface area contributed by atoms with Crippen molar-refractivity contribution in [2.75, 3.05) is 13.1 Å². The molecular weight excluding hydrogens is 166 g/mol. The molecule has 0 fully saturated rings. The molecule has 1 atom stereocenters. The van der Waals surface area contributed by atoms with Crippen LogP contribution in [0.3, 0.4) is 0 Å². The number of carboxylic acids is 1. The van der Waals surface area contributed by atoms with Gasteiger partial charge in [0.05, 0.1) is 6.42 Å². The molecule has 0 rings (SSSR count). The van der Waals surface area contributed by atoms with E-state index >= 15 is 0 Å². The molecule has 0 spiro atoms. The number of carboxylic acid groups (broad SMARTS) is 1. The first-order valence-corrected chi connectivity index (χ1v) is 4.68. The van der Waals surface area contributed by atoms with E-state index in [2.05, 4.69) is 25.3 Å². The summed E-state index contributed by atoms with van der Waals surface area (Å²) in [6.45, 7) is 9.23. The predicted octanol–water partition coefficient (Wildman–Crippen LogP) is 1.75. The van der Waals surface area contributed by atoms with Gasteiger partial charge in [-0.05, 0) is 13.3 Å². The lowest BCUT2D eigenvalue weighted by Crippen LogP contribution is -2.34. The summed E-state index contributed by atoms with van der Waals surface area (Å²) in [5.74, 6) is -0.739. The minimum absolute atomic E-state index is 0.207. The fraction of sp³-hybridized carbons (Fsp3) is 0.700. The molecule has 0 aliphatic carbocycles. The van der Waals surface area contributed by atoms with E-state index in [0.717, 1.165) is 13.0 Å². The summed E-state index contributed by atoms with van der Waals surface area (Å²) in [5.41, 5.74) is 0. The van der Waals surface area contributed by atoms with Gasteiger partial charge in [0, 0.05) is 19.1 Å². The molecule has 13 heavy (non-hydrogen) atoms. The van der Waals surface area contributed by atoms with E-state index in [9.17, 15) is 4.79 Å². The van der Waals surface area contributed by atoms with Gasteiger partial charge in [0.2, 0.25) is 0 Å². The van der Waals surface area contributed by atoms with Crippen molar-refractivity contribution in [3.05, 3.63) is 12.7 Å². The molecule has 0 aliphatic heterocycles. The molecule has 0 amide bonds. The molecule has 1 unspecified atom stereocenters. The van der Waals surface area contributed by atoms with Crippen LogP contribution in [0.4, 0.5) is 0 Å². The van der Waals surface area contributed by atoms with Crippen LogP contribution in [0.25, 0.3) is 0 Å². The van der Waals surface area contributed by atoms with E-state index < -0.39 is 5.97 Å². The van der Waals surface area contributed by atoms with E-state index in [1.54, 1.807) is 0 Å². The Hall–Kier alpha value is -0.830. The van der Waals surface area contributed by atoms with E-state index in [0.29, 0.717) is 12.6 Å². The van der Waals surface area contributed by atoms with Crippen LogP contribution in [0.15, 0.2) is 12.7 Å². The standard InChI is InChI=1S/C10H19NO2/c1-4-7-11(9(3)5-2)8-6-10(12)13/h4,9H,1,5-8H2,2-3H3,(H,12,13). The minimum Gasteiger partial charge on any atom is -0.481 e. The van der Waals surface area contributed by atoms with Crippen molar-refractivity contribution in [1.29, 1.82) is 0 Å². The van der Waals surface area contributed by atoms with E-state index in [1.165, 1.54) is 0 Å². The van der Waals surface area contributed by atoms with Gasteiger partial charge in [0.1, 0.15) is 0 Å². The fourth-order valence-electron chi connectivity index (χ4n) is 1.15. The van der Waals surface area contributed by atoms with Crippen LogP contribution in [0, 0.1) is 0 Å². The van der Waals surface area contributed by atoms with Crippen LogP contribution in [0.1, 0.15) is 26.7 Å². The number of hydrogen-bond acceptors (Lipinski definition) is 2. The summed E-state index contributed by atoms with van der Waals surface area (Å²) in [5, 5.41) is 8.53. The maximum atomic E-state index is 10.4. The van der Waals surface area contributed by atoms with Crippen molar-refractivity contribution in [2.45, 2.75) is 32.7 Å². The summed E-state index contributed by atoms with van der Waals surface area (Å²) in [6.07, 6.45) is 3.06. The summed E-state index contributed by atoms with van der Waals surface area (Å²) in [4.78, 5) is 12.5. The maximum absolute atomic E-state index is 10.4. The van der Waals surface area contributed by atoms with Gasteiger partial charge in [-0.2, -0.15) is 0 Å². The number of carbonyl (C=O) groups is 1. The molecule has 0 aromatic carbocycles.